The molecule has 0 spiro atoms. The molecule has 0 heterocycles. The lowest BCUT2D eigenvalue weighted by atomic mass is 9.82. The highest BCUT2D eigenvalue weighted by Crippen LogP contribution is 2.33. The molecule has 160 valence electrons. The fraction of sp³-hybridized carbons (Fsp3) is 0.355. The molecule has 0 saturated heterocycles. The summed E-state index contributed by atoms with van der Waals surface area (Å²) >= 11 is 0. The van der Waals surface area contributed by atoms with Crippen LogP contribution in [0.15, 0.2) is 84.9 Å². The van der Waals surface area contributed by atoms with Gasteiger partial charge in [0.15, 0.2) is 0 Å². The van der Waals surface area contributed by atoms with Crippen molar-refractivity contribution in [2.75, 3.05) is 0 Å². The zero-order chi connectivity index (χ0) is 21.5. The van der Waals surface area contributed by atoms with Gasteiger partial charge < -0.3 is 0 Å². The van der Waals surface area contributed by atoms with Gasteiger partial charge >= 0.3 is 0 Å². The van der Waals surface area contributed by atoms with Gasteiger partial charge in [-0.2, -0.15) is 0 Å². The second kappa shape index (κ2) is 10.6. The maximum absolute atomic E-state index is 2.46. The van der Waals surface area contributed by atoms with E-state index in [2.05, 4.69) is 98.8 Å². The van der Waals surface area contributed by atoms with Crippen molar-refractivity contribution in [1.82, 2.24) is 0 Å². The summed E-state index contributed by atoms with van der Waals surface area (Å²) in [5.74, 6) is 1.39. The second-order valence-corrected chi connectivity index (χ2v) is 9.12. The standard InChI is InChI=1S/C31H36/c1-3-5-7-25-10-14-27(15-11-25)29-18-22-31(23-19-29)30-20-16-28(17-21-30)26-12-8-24(6-4-2)9-13-26/h8,10-12,14-24,26H,3-7,9,13H2,1-2H3. The van der Waals surface area contributed by atoms with Crippen LogP contribution in [-0.4, -0.2) is 0 Å². The summed E-state index contributed by atoms with van der Waals surface area (Å²) < 4.78 is 0. The number of benzene rings is 3. The fourth-order valence-electron chi connectivity index (χ4n) is 4.79. The Balaban J connectivity index is 1.42. The summed E-state index contributed by atoms with van der Waals surface area (Å²) in [4.78, 5) is 0. The van der Waals surface area contributed by atoms with Gasteiger partial charge in [-0.05, 0) is 71.4 Å². The average Bonchev–Trinajstić information content (AvgIpc) is 2.84. The molecule has 2 atom stereocenters. The molecule has 0 saturated carbocycles. The fourth-order valence-corrected chi connectivity index (χ4v) is 4.79. The number of hydrogen-bond donors (Lipinski definition) is 0. The molecule has 0 fully saturated rings. The first-order chi connectivity index (χ1) is 15.3. The molecule has 4 rings (SSSR count). The van der Waals surface area contributed by atoms with E-state index in [4.69, 9.17) is 0 Å². The van der Waals surface area contributed by atoms with E-state index in [1.807, 2.05) is 0 Å². The van der Waals surface area contributed by atoms with Crippen molar-refractivity contribution in [1.29, 1.82) is 0 Å². The minimum absolute atomic E-state index is 0.588. The minimum atomic E-state index is 0.588. The van der Waals surface area contributed by atoms with Gasteiger partial charge in [0.25, 0.3) is 0 Å². The van der Waals surface area contributed by atoms with Crippen molar-refractivity contribution in [2.24, 2.45) is 5.92 Å². The highest BCUT2D eigenvalue weighted by Gasteiger charge is 2.16. The Bertz CT molecular complexity index is 958. The number of unbranched alkanes of at least 4 members (excludes halogenated alkanes) is 1. The smallest absolute Gasteiger partial charge is 0.00182 e. The molecule has 0 amide bonds. The predicted octanol–water partition coefficient (Wildman–Crippen LogP) is 9.21. The van der Waals surface area contributed by atoms with Crippen LogP contribution in [0.2, 0.25) is 0 Å². The third-order valence-electron chi connectivity index (χ3n) is 6.79. The molecule has 3 aromatic carbocycles. The van der Waals surface area contributed by atoms with E-state index in [1.165, 1.54) is 78.3 Å². The molecule has 31 heavy (non-hydrogen) atoms. The van der Waals surface area contributed by atoms with Crippen LogP contribution in [0.5, 0.6) is 0 Å². The van der Waals surface area contributed by atoms with Gasteiger partial charge in [-0.15, -0.1) is 0 Å². The van der Waals surface area contributed by atoms with Crippen LogP contribution >= 0.6 is 0 Å². The zero-order valence-electron chi connectivity index (χ0n) is 19.2. The van der Waals surface area contributed by atoms with Crippen molar-refractivity contribution < 1.29 is 0 Å². The van der Waals surface area contributed by atoms with Gasteiger partial charge in [-0.1, -0.05) is 112 Å². The topological polar surface area (TPSA) is 0 Å². The SMILES string of the molecule is CCCCc1ccc(-c2ccc(-c3ccc(C4C=CC(CCC)CC4)cc3)cc2)cc1. The van der Waals surface area contributed by atoms with Crippen LogP contribution in [-0.2, 0) is 6.42 Å². The van der Waals surface area contributed by atoms with Gasteiger partial charge in [0, 0.05) is 5.92 Å². The van der Waals surface area contributed by atoms with Crippen LogP contribution in [0.1, 0.15) is 69.4 Å². The maximum Gasteiger partial charge on any atom is 0.00182 e. The van der Waals surface area contributed by atoms with Gasteiger partial charge in [-0.25, -0.2) is 0 Å². The highest BCUT2D eigenvalue weighted by molar-refractivity contribution is 5.70. The maximum atomic E-state index is 2.46. The molecule has 0 radical (unpaired) electrons. The monoisotopic (exact) mass is 408 g/mol. The van der Waals surface area contributed by atoms with Crippen molar-refractivity contribution in [2.45, 2.75) is 64.7 Å². The lowest BCUT2D eigenvalue weighted by Crippen LogP contribution is -2.07. The highest BCUT2D eigenvalue weighted by atomic mass is 14.2. The zero-order valence-corrected chi connectivity index (χ0v) is 19.2. The molecule has 2 unspecified atom stereocenters. The summed E-state index contributed by atoms with van der Waals surface area (Å²) in [7, 11) is 0. The number of allylic oxidation sites excluding steroid dienone is 2. The molecule has 1 aliphatic carbocycles. The van der Waals surface area contributed by atoms with Gasteiger partial charge in [0.2, 0.25) is 0 Å². The minimum Gasteiger partial charge on any atom is -0.0848 e. The Morgan fingerprint density at radius 2 is 1.16 bits per heavy atom. The summed E-state index contributed by atoms with van der Waals surface area (Å²) in [6.07, 6.45) is 13.8. The van der Waals surface area contributed by atoms with E-state index in [9.17, 15) is 0 Å². The van der Waals surface area contributed by atoms with Gasteiger partial charge in [0.1, 0.15) is 0 Å². The molecule has 3 aromatic rings. The second-order valence-electron chi connectivity index (χ2n) is 9.12. The van der Waals surface area contributed by atoms with E-state index >= 15 is 0 Å². The quantitative estimate of drug-likeness (QED) is 0.326. The van der Waals surface area contributed by atoms with Gasteiger partial charge in [0.05, 0.1) is 0 Å². The summed E-state index contributed by atoms with van der Waals surface area (Å²) in [6.45, 7) is 4.54. The molecule has 0 nitrogen and oxygen atoms in total. The Hall–Kier alpha value is -2.60. The molecule has 0 heteroatoms. The Kier molecular flexibility index (Phi) is 7.41. The van der Waals surface area contributed by atoms with E-state index in [0.29, 0.717) is 5.92 Å². The molecule has 1 aliphatic rings. The lowest BCUT2D eigenvalue weighted by molar-refractivity contribution is 0.477. The molecule has 0 aromatic heterocycles. The van der Waals surface area contributed by atoms with E-state index in [1.54, 1.807) is 0 Å². The average molecular weight is 409 g/mol. The third kappa shape index (κ3) is 5.56. The number of hydrogen-bond acceptors (Lipinski definition) is 0. The van der Waals surface area contributed by atoms with E-state index in [-0.39, 0.29) is 0 Å². The van der Waals surface area contributed by atoms with Crippen LogP contribution in [0, 0.1) is 5.92 Å². The largest absolute Gasteiger partial charge is 0.0848 e. The molecular weight excluding hydrogens is 372 g/mol. The van der Waals surface area contributed by atoms with E-state index in [0.717, 1.165) is 5.92 Å². The van der Waals surface area contributed by atoms with Crippen LogP contribution in [0.3, 0.4) is 0 Å². The Morgan fingerprint density at radius 3 is 1.65 bits per heavy atom. The van der Waals surface area contributed by atoms with Crippen LogP contribution in [0.4, 0.5) is 0 Å². The van der Waals surface area contributed by atoms with Crippen molar-refractivity contribution in [3.63, 3.8) is 0 Å². The normalized spacial score (nSPS) is 18.3. The van der Waals surface area contributed by atoms with E-state index < -0.39 is 0 Å². The van der Waals surface area contributed by atoms with Crippen LogP contribution < -0.4 is 0 Å². The van der Waals surface area contributed by atoms with Crippen molar-refractivity contribution >= 4 is 0 Å². The molecular formula is C31H36. The lowest BCUT2D eigenvalue weighted by Gasteiger charge is -2.23. The first-order valence-electron chi connectivity index (χ1n) is 12.2. The summed E-state index contributed by atoms with van der Waals surface area (Å²) in [5, 5.41) is 0. The van der Waals surface area contributed by atoms with Crippen molar-refractivity contribution in [3.05, 3.63) is 96.1 Å². The number of rotatable bonds is 8. The number of aryl methyl sites for hydroxylation is 1. The van der Waals surface area contributed by atoms with Crippen LogP contribution in [0.25, 0.3) is 22.3 Å². The first kappa shape index (κ1) is 21.6. The van der Waals surface area contributed by atoms with Gasteiger partial charge in [-0.3, -0.25) is 0 Å². The first-order valence-corrected chi connectivity index (χ1v) is 12.2. The third-order valence-corrected chi connectivity index (χ3v) is 6.79. The summed E-state index contributed by atoms with van der Waals surface area (Å²) in [5.41, 5.74) is 8.07. The Morgan fingerprint density at radius 1 is 0.613 bits per heavy atom. The molecule has 0 aliphatic heterocycles. The molecule has 0 bridgehead atoms. The predicted molar refractivity (Wildman–Crippen MR) is 135 cm³/mol. The van der Waals surface area contributed by atoms with Crippen molar-refractivity contribution in [3.8, 4) is 22.3 Å². The summed E-state index contributed by atoms with van der Waals surface area (Å²) in [6, 6.07) is 27.3. The Labute approximate surface area is 189 Å². The molecule has 0 N–H and O–H groups in total.